The van der Waals surface area contributed by atoms with Gasteiger partial charge in [0, 0.05) is 12.1 Å². The fourth-order valence-electron chi connectivity index (χ4n) is 1.39. The first-order valence-corrected chi connectivity index (χ1v) is 6.01. The Morgan fingerprint density at radius 2 is 2.38 bits per heavy atom. The summed E-state index contributed by atoms with van der Waals surface area (Å²) >= 11 is 1.36. The van der Waals surface area contributed by atoms with Gasteiger partial charge < -0.3 is 4.90 Å². The molecule has 1 aliphatic heterocycles. The molecule has 16 heavy (non-hydrogen) atoms. The largest absolute Gasteiger partial charge is 0.330 e. The molecule has 1 heterocycles. The molecule has 0 aromatic rings. The number of amidine groups is 1. The monoisotopic (exact) mass is 243 g/mol. The molecule has 0 radical (unpaired) electrons. The van der Waals surface area contributed by atoms with Gasteiger partial charge in [0.15, 0.2) is 5.17 Å². The summed E-state index contributed by atoms with van der Waals surface area (Å²) in [6.07, 6.45) is 1.83. The minimum Gasteiger partial charge on any atom is -0.330 e. The molecule has 0 atom stereocenters. The van der Waals surface area contributed by atoms with E-state index in [0.717, 1.165) is 0 Å². The predicted octanol–water partition coefficient (Wildman–Crippen LogP) is 1.49. The van der Waals surface area contributed by atoms with Crippen molar-refractivity contribution in [1.29, 1.82) is 0 Å². The van der Waals surface area contributed by atoms with E-state index in [9.17, 15) is 9.18 Å². The van der Waals surface area contributed by atoms with Crippen molar-refractivity contribution in [2.75, 3.05) is 26.0 Å². The molecule has 0 N–H and O–H groups in total. The van der Waals surface area contributed by atoms with Crippen LogP contribution in [0.4, 0.5) is 4.39 Å². The van der Waals surface area contributed by atoms with Gasteiger partial charge in [-0.2, -0.15) is 0 Å². The maximum absolute atomic E-state index is 12.2. The number of hydrogen-bond donors (Lipinski definition) is 0. The summed E-state index contributed by atoms with van der Waals surface area (Å²) < 4.78 is 12.2. The lowest BCUT2D eigenvalue weighted by molar-refractivity contribution is -0.125. The molecule has 0 aromatic carbocycles. The van der Waals surface area contributed by atoms with Crippen LogP contribution in [0.5, 0.6) is 0 Å². The van der Waals surface area contributed by atoms with Crippen molar-refractivity contribution in [3.05, 3.63) is 11.3 Å². The van der Waals surface area contributed by atoms with Crippen LogP contribution in [0.25, 0.3) is 0 Å². The molecule has 0 bridgehead atoms. The highest BCUT2D eigenvalue weighted by molar-refractivity contribution is 8.13. The maximum atomic E-state index is 12.2. The normalized spacial score (nSPS) is 17.3. The minimum atomic E-state index is -0.537. The lowest BCUT2D eigenvalue weighted by atomic mass is 10.3. The molecule has 0 saturated heterocycles. The van der Waals surface area contributed by atoms with Crippen molar-refractivity contribution in [3.8, 4) is 0 Å². The van der Waals surface area contributed by atoms with E-state index in [1.165, 1.54) is 16.7 Å². The SMILES string of the molecule is C=N/C(=N\C1=C(C)C(=O)N(CCF)C1)SC. The van der Waals surface area contributed by atoms with Gasteiger partial charge in [-0.25, -0.2) is 14.4 Å². The molecule has 0 aromatic heterocycles. The zero-order chi connectivity index (χ0) is 12.1. The van der Waals surface area contributed by atoms with Crippen LogP contribution in [-0.4, -0.2) is 48.7 Å². The van der Waals surface area contributed by atoms with E-state index in [4.69, 9.17) is 0 Å². The van der Waals surface area contributed by atoms with Crippen LogP contribution in [-0.2, 0) is 4.79 Å². The Labute approximate surface area is 98.3 Å². The minimum absolute atomic E-state index is 0.116. The fraction of sp³-hybridized carbons (Fsp3) is 0.500. The van der Waals surface area contributed by atoms with Crippen molar-refractivity contribution in [2.45, 2.75) is 6.92 Å². The Balaban J connectivity index is 2.86. The summed E-state index contributed by atoms with van der Waals surface area (Å²) in [5, 5.41) is 0.518. The molecule has 88 valence electrons. The average Bonchev–Trinajstić information content (AvgIpc) is 2.55. The quantitative estimate of drug-likeness (QED) is 0.557. The zero-order valence-corrected chi connectivity index (χ0v) is 10.2. The third-order valence-electron chi connectivity index (χ3n) is 2.28. The Hall–Kier alpha value is -1.17. The van der Waals surface area contributed by atoms with E-state index in [2.05, 4.69) is 16.7 Å². The van der Waals surface area contributed by atoms with Crippen molar-refractivity contribution >= 4 is 29.6 Å². The summed E-state index contributed by atoms with van der Waals surface area (Å²) in [7, 11) is 0. The molecule has 1 amide bonds. The van der Waals surface area contributed by atoms with Crippen LogP contribution >= 0.6 is 11.8 Å². The number of thioether (sulfide) groups is 1. The second-order valence-electron chi connectivity index (χ2n) is 3.24. The Kier molecular flexibility index (Phi) is 4.67. The molecule has 0 saturated carbocycles. The second-order valence-corrected chi connectivity index (χ2v) is 4.02. The summed E-state index contributed by atoms with van der Waals surface area (Å²) in [6, 6.07) is 0. The fourth-order valence-corrected chi connectivity index (χ4v) is 1.73. The first-order valence-electron chi connectivity index (χ1n) is 4.78. The van der Waals surface area contributed by atoms with Gasteiger partial charge in [0.25, 0.3) is 5.91 Å². The lowest BCUT2D eigenvalue weighted by Crippen LogP contribution is -2.28. The highest BCUT2D eigenvalue weighted by atomic mass is 32.2. The molecular formula is C10H14FN3OS. The smallest absolute Gasteiger partial charge is 0.251 e. The Bertz CT molecular complexity index is 365. The Morgan fingerprint density at radius 3 is 2.88 bits per heavy atom. The maximum Gasteiger partial charge on any atom is 0.251 e. The van der Waals surface area contributed by atoms with Gasteiger partial charge in [0.2, 0.25) is 0 Å². The van der Waals surface area contributed by atoms with Crippen LogP contribution in [0.2, 0.25) is 0 Å². The van der Waals surface area contributed by atoms with Gasteiger partial charge in [0.05, 0.1) is 12.2 Å². The number of carbonyl (C=O) groups excluding carboxylic acids is 1. The summed E-state index contributed by atoms with van der Waals surface area (Å²) in [5.74, 6) is -0.152. The van der Waals surface area contributed by atoms with Crippen LogP contribution in [0.1, 0.15) is 6.92 Å². The van der Waals surface area contributed by atoms with E-state index in [1.807, 2.05) is 6.26 Å². The van der Waals surface area contributed by atoms with Crippen LogP contribution < -0.4 is 0 Å². The molecular weight excluding hydrogens is 229 g/mol. The van der Waals surface area contributed by atoms with Crippen molar-refractivity contribution < 1.29 is 9.18 Å². The van der Waals surface area contributed by atoms with Crippen molar-refractivity contribution in [3.63, 3.8) is 0 Å². The van der Waals surface area contributed by atoms with Gasteiger partial charge in [-0.15, -0.1) is 0 Å². The molecule has 0 unspecified atom stereocenters. The summed E-state index contributed by atoms with van der Waals surface area (Å²) in [6.45, 7) is 5.02. The average molecular weight is 243 g/mol. The number of rotatable bonds is 3. The third kappa shape index (κ3) is 2.69. The van der Waals surface area contributed by atoms with Crippen molar-refractivity contribution in [2.24, 2.45) is 9.98 Å². The number of nitrogens with zero attached hydrogens (tertiary/aromatic N) is 3. The number of aliphatic imine (C=N–C) groups is 2. The number of halogens is 1. The molecule has 0 aliphatic carbocycles. The highest BCUT2D eigenvalue weighted by Crippen LogP contribution is 2.20. The van der Waals surface area contributed by atoms with E-state index < -0.39 is 6.67 Å². The van der Waals surface area contributed by atoms with Crippen LogP contribution in [0.15, 0.2) is 21.3 Å². The molecule has 6 heteroatoms. The molecule has 1 rings (SSSR count). The first kappa shape index (κ1) is 12.9. The number of hydrogen-bond acceptors (Lipinski definition) is 3. The molecule has 4 nitrogen and oxygen atoms in total. The van der Waals surface area contributed by atoms with Gasteiger partial charge in [0.1, 0.15) is 6.67 Å². The van der Waals surface area contributed by atoms with E-state index >= 15 is 0 Å². The van der Waals surface area contributed by atoms with Gasteiger partial charge in [-0.3, -0.25) is 4.79 Å². The molecule has 0 fully saturated rings. The van der Waals surface area contributed by atoms with E-state index in [0.29, 0.717) is 23.0 Å². The summed E-state index contributed by atoms with van der Waals surface area (Å²) in [4.78, 5) is 21.0. The second kappa shape index (κ2) is 5.79. The topological polar surface area (TPSA) is 45.0 Å². The molecule has 1 aliphatic rings. The van der Waals surface area contributed by atoms with E-state index in [1.54, 1.807) is 6.92 Å². The first-order chi connectivity index (χ1) is 7.63. The van der Waals surface area contributed by atoms with Gasteiger partial charge >= 0.3 is 0 Å². The van der Waals surface area contributed by atoms with Crippen LogP contribution in [0, 0.1) is 0 Å². The zero-order valence-electron chi connectivity index (χ0n) is 9.36. The highest BCUT2D eigenvalue weighted by Gasteiger charge is 2.26. The molecule has 0 spiro atoms. The third-order valence-corrected chi connectivity index (χ3v) is 2.87. The predicted molar refractivity (Wildman–Crippen MR) is 65.8 cm³/mol. The number of alkyl halides is 1. The summed E-state index contributed by atoms with van der Waals surface area (Å²) in [5.41, 5.74) is 1.21. The van der Waals surface area contributed by atoms with Gasteiger partial charge in [-0.05, 0) is 19.9 Å². The van der Waals surface area contributed by atoms with Crippen molar-refractivity contribution in [1.82, 2.24) is 4.90 Å². The number of amides is 1. The standard InChI is InChI=1S/C10H14FN3OS/c1-7-8(13-10(12-2)16-3)6-14(5-4-11)9(7)15/h2,4-6H2,1,3H3/b13-10+. The van der Waals surface area contributed by atoms with E-state index in [-0.39, 0.29) is 12.5 Å². The Morgan fingerprint density at radius 1 is 1.69 bits per heavy atom. The number of carbonyl (C=O) groups is 1. The van der Waals surface area contributed by atoms with Gasteiger partial charge in [-0.1, -0.05) is 11.8 Å². The van der Waals surface area contributed by atoms with Crippen LogP contribution in [0.3, 0.4) is 0 Å². The lowest BCUT2D eigenvalue weighted by Gasteiger charge is -2.13.